The molecule has 11 aromatic carbocycles. The summed E-state index contributed by atoms with van der Waals surface area (Å²) in [5.41, 5.74) is 10.6. The number of furan rings is 1. The Labute approximate surface area is 506 Å². The summed E-state index contributed by atoms with van der Waals surface area (Å²) in [6, 6.07) is 45.4. The predicted octanol–water partition coefficient (Wildman–Crippen LogP) is 19.9. The van der Waals surface area contributed by atoms with E-state index >= 15 is 0 Å². The molecule has 4 heterocycles. The van der Waals surface area contributed by atoms with Crippen LogP contribution in [0.15, 0.2) is 259 Å². The van der Waals surface area contributed by atoms with Gasteiger partial charge in [0.25, 0.3) is 6.71 Å². The van der Waals surface area contributed by atoms with Crippen molar-refractivity contribution in [1.82, 2.24) is 0 Å². The van der Waals surface area contributed by atoms with Gasteiger partial charge in [-0.1, -0.05) is 199 Å². The Kier molecular flexibility index (Phi) is 8.43. The van der Waals surface area contributed by atoms with Gasteiger partial charge in [-0.25, -0.2) is 0 Å². The first-order valence-electron chi connectivity index (χ1n) is 34.9. The average molecular weight is 1090 g/mol. The first kappa shape index (κ1) is 36.1. The van der Waals surface area contributed by atoms with Gasteiger partial charge in [-0.2, -0.15) is 0 Å². The maximum absolute atomic E-state index is 10.0. The van der Waals surface area contributed by atoms with Crippen LogP contribution in [-0.4, -0.2) is 6.71 Å². The molecule has 82 heavy (non-hydrogen) atoms. The van der Waals surface area contributed by atoms with Gasteiger partial charge in [0, 0.05) is 71.0 Å². The zero-order valence-electron chi connectivity index (χ0n) is 60.8. The molecule has 0 unspecified atom stereocenters. The van der Waals surface area contributed by atoms with Crippen LogP contribution in [0.3, 0.4) is 0 Å². The summed E-state index contributed by atoms with van der Waals surface area (Å²) in [4.78, 5) is 5.61. The van der Waals surface area contributed by atoms with Crippen LogP contribution in [0, 0.1) is 0 Å². The predicted molar refractivity (Wildman–Crippen MR) is 352 cm³/mol. The number of fused-ring (bicyclic) bond motifs is 9. The van der Waals surface area contributed by atoms with E-state index in [-0.39, 0.29) is 33.3 Å². The molecular weight excluding hydrogens is 1010 g/mol. The third kappa shape index (κ3) is 8.26. The molecule has 0 aliphatic carbocycles. The smallest absolute Gasteiger partial charge is 0.264 e. The first-order valence-corrected chi connectivity index (χ1v) is 28.2. The quantitative estimate of drug-likeness (QED) is 0.141. The molecule has 2 aliphatic rings. The van der Waals surface area contributed by atoms with Gasteiger partial charge >= 0.3 is 0 Å². The second kappa shape index (κ2) is 19.1. The Bertz CT molecular complexity index is 5390. The molecule has 0 saturated heterocycles. The van der Waals surface area contributed by atoms with E-state index in [1.807, 2.05) is 97.1 Å². The third-order valence-electron chi connectivity index (χ3n) is 16.0. The van der Waals surface area contributed by atoms with Crippen molar-refractivity contribution in [3.8, 4) is 33.4 Å². The highest BCUT2D eigenvalue weighted by Gasteiger charge is 2.46. The minimum Gasteiger partial charge on any atom is -0.456 e. The number of rotatable bonds is 8. The number of hydrogen-bond acceptors (Lipinski definition) is 5. The molecule has 0 fully saturated rings. The van der Waals surface area contributed by atoms with Gasteiger partial charge in [0.05, 0.1) is 31.9 Å². The van der Waals surface area contributed by atoms with Crippen LogP contribution in [0.2, 0.25) is 0 Å². The molecule has 0 spiro atoms. The van der Waals surface area contributed by atoms with E-state index in [0.717, 1.165) is 44.4 Å². The Morgan fingerprint density at radius 3 is 1.65 bits per heavy atom. The van der Waals surface area contributed by atoms with Crippen molar-refractivity contribution in [1.29, 1.82) is 0 Å². The molecule has 0 bridgehead atoms. The van der Waals surface area contributed by atoms with Gasteiger partial charge < -0.3 is 19.1 Å². The van der Waals surface area contributed by atoms with Gasteiger partial charge in [-0.05, 0) is 158 Å². The fourth-order valence-corrected chi connectivity index (χ4v) is 13.3. The Morgan fingerprint density at radius 1 is 0.451 bits per heavy atom. The van der Waals surface area contributed by atoms with E-state index in [0.29, 0.717) is 76.5 Å². The molecule has 0 radical (unpaired) electrons. The zero-order valence-corrected chi connectivity index (χ0v) is 46.6. The van der Waals surface area contributed by atoms with Crippen LogP contribution >= 0.6 is 11.3 Å². The van der Waals surface area contributed by atoms with Crippen molar-refractivity contribution in [3.05, 3.63) is 266 Å². The molecule has 13 aromatic rings. The second-order valence-electron chi connectivity index (χ2n) is 23.0. The molecule has 394 valence electrons. The number of nitrogens with zero attached hydrogens (tertiary/aromatic N) is 3. The fourth-order valence-electron chi connectivity index (χ4n) is 12.0. The fraction of sp³-hybridized carbons (Fsp3) is 0.105. The molecule has 6 heteroatoms. The highest BCUT2D eigenvalue weighted by atomic mass is 32.1. The van der Waals surface area contributed by atoms with Gasteiger partial charge in [0.1, 0.15) is 11.2 Å². The summed E-state index contributed by atoms with van der Waals surface area (Å²) < 4.78 is 147. The van der Waals surface area contributed by atoms with Crippen LogP contribution in [0.4, 0.5) is 51.2 Å². The average Bonchev–Trinajstić information content (AvgIpc) is 1.67. The number of benzene rings is 11. The Hall–Kier alpha value is -9.36. The number of thiophene rings is 1. The standard InChI is InChI=1S/C76H60BN3OS/c1-75(2,3)54-33-37-58(38-34-54)78(59-39-35-55(36-40-59)76(4,5)6)65-48-66-64(47-61(65)50-23-13-8-14-24-50)77-72-67(79(66)56-25-15-9-16-26-56)45-53(52-31-41-70-62(43-52)60-29-19-20-30-69(60)81-70)46-68(72)80(57-27-17-10-18-28-57)73-63-44-51(49-21-11-7-12-22-49)32-42-71(63)82-74(73)77/h7-48H,1-6H3/i7D,9D,10D,11D,12D,15D,16D,17D,18D,21D,22D,25D,26D,27D,28D. The summed E-state index contributed by atoms with van der Waals surface area (Å²) in [5, 5.41) is 2.09. The number of anilines is 9. The lowest BCUT2D eigenvalue weighted by Gasteiger charge is -2.44. The lowest BCUT2D eigenvalue weighted by Crippen LogP contribution is -2.60. The van der Waals surface area contributed by atoms with Crippen molar-refractivity contribution >= 4 is 117 Å². The van der Waals surface area contributed by atoms with E-state index < -0.39 is 97.3 Å². The SMILES string of the molecule is [2H]c1c([2H])c([2H])c(-c2ccc3sc4c(c3c2)N(c2c([2H])c([2H])c([2H])c([2H])c2[2H])c2cc(-c3ccc5oc6ccccc6c5c3)cc3c2B4c2cc(-c4ccccc4)c(N(c4ccc(C(C)(C)C)cc4)c4ccc(C(C)(C)C)cc4)cc2N3c2c([2H])c([2H])c([2H])c([2H])c2[2H])c([2H])c1[2H]. The van der Waals surface area contributed by atoms with Gasteiger partial charge in [-0.15, -0.1) is 11.3 Å². The van der Waals surface area contributed by atoms with Crippen molar-refractivity contribution < 1.29 is 25.0 Å². The largest absolute Gasteiger partial charge is 0.456 e. The first-order chi connectivity index (χ1) is 46.1. The summed E-state index contributed by atoms with van der Waals surface area (Å²) in [6.45, 7) is 12.1. The second-order valence-corrected chi connectivity index (χ2v) is 24.1. The minimum atomic E-state index is -0.852. The molecule has 2 aromatic heterocycles. The van der Waals surface area contributed by atoms with Gasteiger partial charge in [0.15, 0.2) is 0 Å². The summed E-state index contributed by atoms with van der Waals surface area (Å²) in [7, 11) is 0. The van der Waals surface area contributed by atoms with Crippen LogP contribution in [-0.2, 0) is 10.8 Å². The lowest BCUT2D eigenvalue weighted by molar-refractivity contribution is 0.590. The van der Waals surface area contributed by atoms with E-state index in [1.54, 1.807) is 21.9 Å². The molecule has 2 aliphatic heterocycles. The monoisotopic (exact) mass is 1090 g/mol. The molecule has 0 atom stereocenters. The summed E-state index contributed by atoms with van der Waals surface area (Å²) in [5.74, 6) is 0. The van der Waals surface area contributed by atoms with E-state index in [9.17, 15) is 13.7 Å². The van der Waals surface area contributed by atoms with Crippen LogP contribution in [0.25, 0.3) is 65.4 Å². The minimum absolute atomic E-state index is 0.0619. The number of para-hydroxylation sites is 3. The maximum atomic E-state index is 10.0. The Morgan fingerprint density at radius 2 is 1.00 bits per heavy atom. The van der Waals surface area contributed by atoms with E-state index in [1.165, 1.54) is 11.3 Å². The zero-order chi connectivity index (χ0) is 68.5. The molecule has 0 amide bonds. The van der Waals surface area contributed by atoms with E-state index in [2.05, 4.69) is 101 Å². The van der Waals surface area contributed by atoms with Crippen molar-refractivity contribution in [2.45, 2.75) is 52.4 Å². The summed E-state index contributed by atoms with van der Waals surface area (Å²) in [6.07, 6.45) is 0. The van der Waals surface area contributed by atoms with Crippen molar-refractivity contribution in [2.75, 3.05) is 14.7 Å². The van der Waals surface area contributed by atoms with Crippen molar-refractivity contribution in [2.24, 2.45) is 0 Å². The van der Waals surface area contributed by atoms with E-state index in [4.69, 9.17) is 11.3 Å². The lowest BCUT2D eigenvalue weighted by atomic mass is 9.36. The van der Waals surface area contributed by atoms with Crippen LogP contribution in [0.5, 0.6) is 0 Å². The molecular formula is C76H60BN3OS. The normalized spacial score (nSPS) is 15.5. The molecule has 15 rings (SSSR count). The highest BCUT2D eigenvalue weighted by molar-refractivity contribution is 7.33. The molecule has 0 N–H and O–H groups in total. The van der Waals surface area contributed by atoms with Crippen molar-refractivity contribution in [3.63, 3.8) is 0 Å². The van der Waals surface area contributed by atoms with Gasteiger partial charge in [-0.3, -0.25) is 0 Å². The number of hydrogen-bond donors (Lipinski definition) is 0. The van der Waals surface area contributed by atoms with Gasteiger partial charge in [0.2, 0.25) is 0 Å². The third-order valence-corrected chi connectivity index (χ3v) is 17.2. The Balaban J connectivity index is 1.14. The highest BCUT2D eigenvalue weighted by Crippen LogP contribution is 2.52. The molecule has 4 nitrogen and oxygen atoms in total. The topological polar surface area (TPSA) is 22.9 Å². The van der Waals surface area contributed by atoms with Crippen LogP contribution < -0.4 is 30.4 Å². The maximum Gasteiger partial charge on any atom is 0.264 e. The summed E-state index contributed by atoms with van der Waals surface area (Å²) >= 11 is 1.38. The molecule has 0 saturated carbocycles. The van der Waals surface area contributed by atoms with Crippen LogP contribution in [0.1, 0.15) is 73.2 Å².